The van der Waals surface area contributed by atoms with E-state index in [4.69, 9.17) is 30.3 Å². The second-order valence-electron chi connectivity index (χ2n) is 8.22. The van der Waals surface area contributed by atoms with Gasteiger partial charge < -0.3 is 29.9 Å². The number of aliphatic hydroxyl groups is 4. The molecular formula is C22H52N2O9S2Ti. The third kappa shape index (κ3) is 47.3. The van der Waals surface area contributed by atoms with Gasteiger partial charge in [-0.2, -0.15) is 4.40 Å². The maximum Gasteiger partial charge on any atom is 0.184 e. The average molecular weight is 601 g/mol. The largest absolute Gasteiger partial charge is 0.397 e. The molecule has 0 amide bonds. The van der Waals surface area contributed by atoms with E-state index in [1.165, 1.54) is 0 Å². The molecule has 220 valence electrons. The fourth-order valence-corrected chi connectivity index (χ4v) is 1.30. The SMILES string of the molecule is CC(C)(C)S(=O)N=C1COC1.CC(C)(C)S(N)=O.CCO.CCO.CCO.CCO.O=C1COC1.[Ti]. The van der Waals surface area contributed by atoms with Crippen molar-refractivity contribution in [2.24, 2.45) is 9.54 Å². The molecule has 14 heteroatoms. The summed E-state index contributed by atoms with van der Waals surface area (Å²) in [5.41, 5.74) is 0.915. The van der Waals surface area contributed by atoms with E-state index in [0.717, 1.165) is 5.71 Å². The van der Waals surface area contributed by atoms with E-state index in [0.29, 0.717) is 26.4 Å². The molecule has 0 aromatic rings. The summed E-state index contributed by atoms with van der Waals surface area (Å²) in [6, 6.07) is 0. The normalized spacial score (nSPS) is 14.6. The van der Waals surface area contributed by atoms with Crippen molar-refractivity contribution < 1.29 is 64.8 Å². The summed E-state index contributed by atoms with van der Waals surface area (Å²) in [6.07, 6.45) is 0. The molecule has 6 N–H and O–H groups in total. The summed E-state index contributed by atoms with van der Waals surface area (Å²) in [5.74, 6) is 0.213. The number of carbonyl (C=O) groups excluding carboxylic acids is 1. The molecule has 0 saturated carbocycles. The average Bonchev–Trinajstić information content (AvgIpc) is 2.65. The standard InChI is InChI=1S/C7H13NO2S.C4H11NOS.C3H4O2.4C2H6O.Ti/c1-7(2,3)11(9)8-6-4-10-5-6;1-4(2,3)7(5)6;4-3-1-5-2-3;4*1-2-3;/h4-5H2,1-3H3;5H2,1-3H3;1-2H2;4*3H,2H2,1H3;. The van der Waals surface area contributed by atoms with Crippen molar-refractivity contribution in [3.63, 3.8) is 0 Å². The summed E-state index contributed by atoms with van der Waals surface area (Å²) < 4.78 is 34.6. The molecule has 0 aliphatic carbocycles. The first-order valence-corrected chi connectivity index (χ1v) is 13.6. The number of aliphatic hydroxyl groups excluding tert-OH is 4. The molecule has 2 aliphatic heterocycles. The van der Waals surface area contributed by atoms with Crippen LogP contribution in [0.1, 0.15) is 69.2 Å². The van der Waals surface area contributed by atoms with Crippen LogP contribution in [0.3, 0.4) is 0 Å². The molecular weight excluding hydrogens is 548 g/mol. The molecule has 0 radical (unpaired) electrons. The van der Waals surface area contributed by atoms with Crippen molar-refractivity contribution in [2.75, 3.05) is 52.9 Å². The Hall–Kier alpha value is 0.0743. The zero-order chi connectivity index (χ0) is 29.1. The molecule has 0 aromatic carbocycles. The fourth-order valence-electron chi connectivity index (χ4n) is 0.686. The zero-order valence-electron chi connectivity index (χ0n) is 23.8. The van der Waals surface area contributed by atoms with E-state index < -0.39 is 22.0 Å². The predicted molar refractivity (Wildman–Crippen MR) is 145 cm³/mol. The van der Waals surface area contributed by atoms with Gasteiger partial charge in [-0.15, -0.1) is 0 Å². The van der Waals surface area contributed by atoms with Crippen LogP contribution >= 0.6 is 0 Å². The van der Waals surface area contributed by atoms with Gasteiger partial charge in [0.25, 0.3) is 0 Å². The van der Waals surface area contributed by atoms with Crippen LogP contribution in [0.25, 0.3) is 0 Å². The Kier molecular flexibility index (Phi) is 45.1. The van der Waals surface area contributed by atoms with Crippen molar-refractivity contribution in [3.8, 4) is 0 Å². The van der Waals surface area contributed by atoms with Crippen molar-refractivity contribution in [1.29, 1.82) is 0 Å². The predicted octanol–water partition coefficient (Wildman–Crippen LogP) is 0.905. The van der Waals surface area contributed by atoms with E-state index >= 15 is 0 Å². The van der Waals surface area contributed by atoms with Gasteiger partial charge in [0.2, 0.25) is 0 Å². The number of ketones is 1. The molecule has 11 nitrogen and oxygen atoms in total. The Morgan fingerprint density at radius 2 is 0.972 bits per heavy atom. The van der Waals surface area contributed by atoms with Gasteiger partial charge in [-0.1, -0.05) is 0 Å². The number of hydrogen-bond acceptors (Lipinski definition) is 9. The smallest absolute Gasteiger partial charge is 0.184 e. The van der Waals surface area contributed by atoms with E-state index in [9.17, 15) is 13.2 Å². The second kappa shape index (κ2) is 33.1. The van der Waals surface area contributed by atoms with E-state index in [2.05, 4.69) is 9.13 Å². The Bertz CT molecular complexity index is 535. The minimum Gasteiger partial charge on any atom is -0.397 e. The van der Waals surface area contributed by atoms with Crippen molar-refractivity contribution in [2.45, 2.75) is 78.7 Å². The number of nitrogens with zero attached hydrogens (tertiary/aromatic N) is 1. The van der Waals surface area contributed by atoms with Crippen LogP contribution in [0.5, 0.6) is 0 Å². The summed E-state index contributed by atoms with van der Waals surface area (Å²) in [6.45, 7) is 20.8. The maximum atomic E-state index is 11.3. The van der Waals surface area contributed by atoms with Gasteiger partial charge in [-0.05, 0) is 69.2 Å². The summed E-state index contributed by atoms with van der Waals surface area (Å²) >= 11 is 0. The van der Waals surface area contributed by atoms with Crippen molar-refractivity contribution in [3.05, 3.63) is 0 Å². The van der Waals surface area contributed by atoms with E-state index in [-0.39, 0.29) is 63.4 Å². The van der Waals surface area contributed by atoms with Crippen LogP contribution in [-0.4, -0.2) is 103 Å². The van der Waals surface area contributed by atoms with Crippen LogP contribution in [0.4, 0.5) is 0 Å². The summed E-state index contributed by atoms with van der Waals surface area (Å²) in [4.78, 5) is 9.77. The van der Waals surface area contributed by atoms with E-state index in [1.807, 2.05) is 41.5 Å². The Morgan fingerprint density at radius 3 is 1.06 bits per heavy atom. The molecule has 2 unspecified atom stereocenters. The van der Waals surface area contributed by atoms with Gasteiger partial charge in [0.15, 0.2) is 5.78 Å². The molecule has 0 spiro atoms. The van der Waals surface area contributed by atoms with Gasteiger partial charge in [-0.3, -0.25) is 9.93 Å². The number of nitrogens with two attached hydrogens (primary N) is 1. The van der Waals surface area contributed by atoms with Crippen LogP contribution in [0, 0.1) is 0 Å². The van der Waals surface area contributed by atoms with Crippen LogP contribution < -0.4 is 5.14 Å². The monoisotopic (exact) mass is 600 g/mol. The summed E-state index contributed by atoms with van der Waals surface area (Å²) in [5, 5.41) is 35.3. The minimum absolute atomic E-state index is 0. The quantitative estimate of drug-likeness (QED) is 0.272. The number of hydrogen-bond donors (Lipinski definition) is 5. The van der Waals surface area contributed by atoms with Crippen molar-refractivity contribution >= 4 is 33.5 Å². The zero-order valence-corrected chi connectivity index (χ0v) is 27.0. The first-order chi connectivity index (χ1) is 16.0. The third-order valence-corrected chi connectivity index (χ3v) is 5.08. The van der Waals surface area contributed by atoms with Crippen LogP contribution in [0.15, 0.2) is 4.40 Å². The van der Waals surface area contributed by atoms with Crippen LogP contribution in [0.2, 0.25) is 0 Å². The molecule has 0 bridgehead atoms. The van der Waals surface area contributed by atoms with Gasteiger partial charge >= 0.3 is 0 Å². The van der Waals surface area contributed by atoms with Gasteiger partial charge in [-0.25, -0.2) is 8.42 Å². The summed E-state index contributed by atoms with van der Waals surface area (Å²) in [7, 11) is -2.29. The van der Waals surface area contributed by atoms with Crippen LogP contribution in [-0.2, 0) is 58.0 Å². The molecule has 2 fully saturated rings. The first-order valence-electron chi connectivity index (χ1n) is 11.2. The molecule has 2 heterocycles. The molecule has 2 atom stereocenters. The maximum absolute atomic E-state index is 11.3. The third-order valence-electron chi connectivity index (χ3n) is 2.40. The van der Waals surface area contributed by atoms with Gasteiger partial charge in [0.1, 0.15) is 24.2 Å². The number of rotatable bonds is 1. The Labute approximate surface area is 238 Å². The van der Waals surface area contributed by atoms with Gasteiger partial charge in [0, 0.05) is 48.1 Å². The van der Waals surface area contributed by atoms with Crippen molar-refractivity contribution in [1.82, 2.24) is 0 Å². The first kappa shape index (κ1) is 49.1. The molecule has 2 aliphatic rings. The topological polar surface area (TPSA) is 189 Å². The molecule has 2 saturated heterocycles. The fraction of sp³-hybridized carbons (Fsp3) is 0.909. The number of ether oxygens (including phenoxy) is 2. The van der Waals surface area contributed by atoms with Gasteiger partial charge in [0.05, 0.1) is 39.4 Å². The molecule has 2 rings (SSSR count). The van der Waals surface area contributed by atoms with E-state index in [1.54, 1.807) is 27.7 Å². The molecule has 36 heavy (non-hydrogen) atoms. The molecule has 0 aromatic heterocycles. The Morgan fingerprint density at radius 1 is 0.750 bits per heavy atom. The minimum atomic E-state index is -1.18. The number of Topliss-reactive ketones (excluding diaryl/α,β-unsaturated/α-hetero) is 1. The second-order valence-corrected chi connectivity index (χ2v) is 11.9. The number of carbonyl (C=O) groups is 1. The Balaban J connectivity index is -0.0000000788.